The first kappa shape index (κ1) is 11.8. The van der Waals surface area contributed by atoms with Gasteiger partial charge in [-0.3, -0.25) is 9.59 Å². The number of rotatable bonds is 0. The van der Waals surface area contributed by atoms with Crippen molar-refractivity contribution in [2.75, 3.05) is 0 Å². The average molecular weight is 248 g/mol. The molecule has 2 aliphatic rings. The molecule has 0 aromatic rings. The van der Waals surface area contributed by atoms with Gasteiger partial charge in [0, 0.05) is 0 Å². The minimum absolute atomic E-state index is 0.893. The maximum absolute atomic E-state index is 11.4. The first-order chi connectivity index (χ1) is 7.75. The second-order valence-corrected chi connectivity index (χ2v) is 3.72. The number of carbonyl (C=O) groups is 3. The van der Waals surface area contributed by atoms with Gasteiger partial charge in [0.1, 0.15) is 0 Å². The predicted octanol–water partition coefficient (Wildman–Crippen LogP) is -2.88. The van der Waals surface area contributed by atoms with Crippen LogP contribution in [-0.4, -0.2) is 51.1 Å². The van der Waals surface area contributed by atoms with Crippen LogP contribution in [0.5, 0.6) is 0 Å². The topological polar surface area (TPSA) is 140 Å². The summed E-state index contributed by atoms with van der Waals surface area (Å²) in [4.78, 5) is 33.8. The normalized spacial score (nSPS) is 41.8. The fourth-order valence-electron chi connectivity index (χ4n) is 1.47. The number of carbonyl (C=O) groups excluding carboxylic acids is 3. The summed E-state index contributed by atoms with van der Waals surface area (Å²) in [6.07, 6.45) is -4.17. The van der Waals surface area contributed by atoms with Crippen molar-refractivity contribution in [3.8, 4) is 0 Å². The molecular formula is C8H8O9. The number of ether oxygens (including phenoxy) is 3. The van der Waals surface area contributed by atoms with Crippen LogP contribution in [-0.2, 0) is 28.6 Å². The van der Waals surface area contributed by atoms with E-state index in [1.165, 1.54) is 0 Å². The lowest BCUT2D eigenvalue weighted by Crippen LogP contribution is -2.55. The van der Waals surface area contributed by atoms with Gasteiger partial charge in [-0.2, -0.15) is 0 Å². The third-order valence-electron chi connectivity index (χ3n) is 2.31. The molecular weight excluding hydrogens is 240 g/mol. The van der Waals surface area contributed by atoms with Crippen LogP contribution < -0.4 is 0 Å². The molecule has 0 aromatic carbocycles. The van der Waals surface area contributed by atoms with E-state index in [1.807, 2.05) is 0 Å². The lowest BCUT2D eigenvalue weighted by molar-refractivity contribution is -0.398. The molecule has 2 fully saturated rings. The molecule has 2 rings (SSSR count). The Bertz CT molecular complexity index is 400. The number of cyclic esters (lactones) is 1. The zero-order valence-electron chi connectivity index (χ0n) is 8.28. The van der Waals surface area contributed by atoms with E-state index in [0.717, 1.165) is 0 Å². The van der Waals surface area contributed by atoms with Crippen LogP contribution in [0.3, 0.4) is 0 Å². The van der Waals surface area contributed by atoms with Crippen molar-refractivity contribution < 1.29 is 43.9 Å². The lowest BCUT2D eigenvalue weighted by Gasteiger charge is -2.31. The molecule has 3 N–H and O–H groups in total. The van der Waals surface area contributed by atoms with Crippen molar-refractivity contribution in [1.29, 1.82) is 0 Å². The van der Waals surface area contributed by atoms with Crippen LogP contribution >= 0.6 is 0 Å². The molecule has 0 spiro atoms. The van der Waals surface area contributed by atoms with E-state index in [0.29, 0.717) is 0 Å². The maximum atomic E-state index is 11.4. The van der Waals surface area contributed by atoms with Crippen LogP contribution in [0.25, 0.3) is 0 Å². The molecule has 0 aromatic heterocycles. The molecule has 3 atom stereocenters. The van der Waals surface area contributed by atoms with Gasteiger partial charge in [-0.25, -0.2) is 4.79 Å². The van der Waals surface area contributed by atoms with Gasteiger partial charge < -0.3 is 29.5 Å². The van der Waals surface area contributed by atoms with Crippen LogP contribution in [0.2, 0.25) is 0 Å². The Morgan fingerprint density at radius 1 is 1.06 bits per heavy atom. The Labute approximate surface area is 93.5 Å². The smallest absolute Gasteiger partial charge is 0.424 e. The number of hydrogen-bond acceptors (Lipinski definition) is 9. The lowest BCUT2D eigenvalue weighted by atomic mass is 9.96. The van der Waals surface area contributed by atoms with Crippen LogP contribution in [0.4, 0.5) is 0 Å². The highest BCUT2D eigenvalue weighted by Gasteiger charge is 2.59. The first-order valence-electron chi connectivity index (χ1n) is 4.53. The Hall–Kier alpha value is -1.71. The molecule has 9 nitrogen and oxygen atoms in total. The number of hydrogen-bond donors (Lipinski definition) is 3. The first-order valence-corrected chi connectivity index (χ1v) is 4.53. The molecule has 17 heavy (non-hydrogen) atoms. The van der Waals surface area contributed by atoms with Crippen LogP contribution in [0.15, 0.2) is 0 Å². The fourth-order valence-corrected chi connectivity index (χ4v) is 1.47. The maximum Gasteiger partial charge on any atom is 0.440 e. The van der Waals surface area contributed by atoms with Gasteiger partial charge in [0.25, 0.3) is 0 Å². The molecule has 3 unspecified atom stereocenters. The summed E-state index contributed by atoms with van der Waals surface area (Å²) in [5.41, 5.74) is -2.47. The third kappa shape index (κ3) is 1.84. The zero-order chi connectivity index (χ0) is 12.8. The summed E-state index contributed by atoms with van der Waals surface area (Å²) < 4.78 is 12.7. The van der Waals surface area contributed by atoms with Gasteiger partial charge >= 0.3 is 30.2 Å². The van der Waals surface area contributed by atoms with Crippen molar-refractivity contribution >= 4 is 17.9 Å². The van der Waals surface area contributed by atoms with E-state index in [9.17, 15) is 29.7 Å². The molecule has 0 radical (unpaired) electrons. The number of fused-ring (bicyclic) bond motifs is 3. The minimum Gasteiger partial charge on any atom is -0.424 e. The van der Waals surface area contributed by atoms with Crippen molar-refractivity contribution in [3.63, 3.8) is 0 Å². The monoisotopic (exact) mass is 248 g/mol. The SMILES string of the molecule is O=C1CC2(O)CC(=O)OC(O)(OC2=O)C(O)O1. The van der Waals surface area contributed by atoms with E-state index in [4.69, 9.17) is 0 Å². The second-order valence-electron chi connectivity index (χ2n) is 3.72. The van der Waals surface area contributed by atoms with Gasteiger partial charge in [-0.05, 0) is 0 Å². The number of aliphatic hydroxyl groups is 3. The van der Waals surface area contributed by atoms with Gasteiger partial charge in [-0.1, -0.05) is 0 Å². The van der Waals surface area contributed by atoms with Gasteiger partial charge in [-0.15, -0.1) is 0 Å². The molecule has 2 bridgehead atoms. The summed E-state index contributed by atoms with van der Waals surface area (Å²) in [6.45, 7) is 0. The largest absolute Gasteiger partial charge is 0.440 e. The molecule has 94 valence electrons. The quantitative estimate of drug-likeness (QED) is 0.385. The summed E-state index contributed by atoms with van der Waals surface area (Å²) >= 11 is 0. The van der Waals surface area contributed by atoms with Crippen molar-refractivity contribution in [2.45, 2.75) is 30.7 Å². The Balaban J connectivity index is 2.49. The Morgan fingerprint density at radius 3 is 2.29 bits per heavy atom. The molecule has 9 heteroatoms. The molecule has 2 heterocycles. The van der Waals surface area contributed by atoms with Crippen molar-refractivity contribution in [2.24, 2.45) is 0 Å². The molecule has 2 aliphatic heterocycles. The number of aliphatic hydroxyl groups excluding tert-OH is 1. The van der Waals surface area contributed by atoms with E-state index >= 15 is 0 Å². The highest BCUT2D eigenvalue weighted by Crippen LogP contribution is 2.32. The van der Waals surface area contributed by atoms with Crippen LogP contribution in [0, 0.1) is 0 Å². The standard InChI is InChI=1S/C8H8O9/c9-3-1-7(13)2-4(10)16-8(14,6(12)15-3)17-5(7)11/h6,12-14H,1-2H2. The molecule has 0 saturated carbocycles. The molecule has 0 aliphatic carbocycles. The van der Waals surface area contributed by atoms with Crippen LogP contribution in [0.1, 0.15) is 12.8 Å². The second kappa shape index (κ2) is 3.39. The van der Waals surface area contributed by atoms with Gasteiger partial charge in [0.2, 0.25) is 0 Å². The predicted molar refractivity (Wildman–Crippen MR) is 43.4 cm³/mol. The van der Waals surface area contributed by atoms with Crippen molar-refractivity contribution in [1.82, 2.24) is 0 Å². The Morgan fingerprint density at radius 2 is 1.65 bits per heavy atom. The summed E-state index contributed by atoms with van der Waals surface area (Å²) in [6, 6.07) is 0. The van der Waals surface area contributed by atoms with Gasteiger partial charge in [0.15, 0.2) is 5.60 Å². The average Bonchev–Trinajstić information content (AvgIpc) is 2.19. The highest BCUT2D eigenvalue weighted by atomic mass is 16.9. The highest BCUT2D eigenvalue weighted by molar-refractivity contribution is 5.91. The molecule has 2 saturated heterocycles. The third-order valence-corrected chi connectivity index (χ3v) is 2.31. The van der Waals surface area contributed by atoms with E-state index in [2.05, 4.69) is 14.2 Å². The summed E-state index contributed by atoms with van der Waals surface area (Å²) in [5, 5.41) is 28.5. The number of esters is 3. The summed E-state index contributed by atoms with van der Waals surface area (Å²) in [5.74, 6) is -7.01. The minimum atomic E-state index is -3.14. The van der Waals surface area contributed by atoms with E-state index in [1.54, 1.807) is 0 Å². The van der Waals surface area contributed by atoms with E-state index in [-0.39, 0.29) is 0 Å². The van der Waals surface area contributed by atoms with Crippen molar-refractivity contribution in [3.05, 3.63) is 0 Å². The van der Waals surface area contributed by atoms with Gasteiger partial charge in [0.05, 0.1) is 12.8 Å². The zero-order valence-corrected chi connectivity index (χ0v) is 8.28. The molecule has 0 amide bonds. The fraction of sp³-hybridized carbons (Fsp3) is 0.625. The van der Waals surface area contributed by atoms with E-state index < -0.39 is 48.6 Å². The summed E-state index contributed by atoms with van der Waals surface area (Å²) in [7, 11) is 0. The Kier molecular flexibility index (Phi) is 2.35.